The number of H-pyrrole nitrogens is 2. The summed E-state index contributed by atoms with van der Waals surface area (Å²) in [6.45, 7) is 0. The van der Waals surface area contributed by atoms with Crippen LogP contribution in [0.1, 0.15) is 0 Å². The van der Waals surface area contributed by atoms with Gasteiger partial charge in [0.2, 0.25) is 0 Å². The first kappa shape index (κ1) is 5.29. The highest BCUT2D eigenvalue weighted by Crippen LogP contribution is 2.02. The molecule has 10 heavy (non-hydrogen) atoms. The number of rotatable bonds is 0. The van der Waals surface area contributed by atoms with Crippen LogP contribution in [0, 0.1) is 0 Å². The Hall–Kier alpha value is -1.51. The summed E-state index contributed by atoms with van der Waals surface area (Å²) in [7, 11) is 0. The van der Waals surface area contributed by atoms with Gasteiger partial charge in [0.25, 0.3) is 5.56 Å². The molecule has 50 valence electrons. The number of fused-ring (bicyclic) bond motifs is 1. The molecule has 3 heteroatoms. The fraction of sp³-hybridized carbons (Fsp3) is 0. The lowest BCUT2D eigenvalue weighted by Crippen LogP contribution is -2.02. The lowest BCUT2D eigenvalue weighted by Gasteiger charge is -1.84. The largest absolute Gasteiger partial charge is 0.361 e. The van der Waals surface area contributed by atoms with E-state index >= 15 is 0 Å². The van der Waals surface area contributed by atoms with Crippen molar-refractivity contribution >= 4 is 10.9 Å². The van der Waals surface area contributed by atoms with Crippen molar-refractivity contribution in [2.24, 2.45) is 0 Å². The zero-order valence-corrected chi connectivity index (χ0v) is 5.22. The fourth-order valence-corrected chi connectivity index (χ4v) is 0.997. The van der Waals surface area contributed by atoms with E-state index < -0.39 is 0 Å². The highest BCUT2D eigenvalue weighted by Gasteiger charge is 1.94. The number of aromatic nitrogens is 2. The molecular formula is C7H6N2O. The van der Waals surface area contributed by atoms with Crippen molar-refractivity contribution in [1.82, 2.24) is 9.97 Å². The molecule has 0 unspecified atom stereocenters. The third-order valence-corrected chi connectivity index (χ3v) is 1.49. The van der Waals surface area contributed by atoms with Gasteiger partial charge in [-0.15, -0.1) is 0 Å². The van der Waals surface area contributed by atoms with E-state index in [9.17, 15) is 4.79 Å². The molecule has 0 bridgehead atoms. The Kier molecular flexibility index (Phi) is 0.917. The van der Waals surface area contributed by atoms with Crippen LogP contribution in [-0.2, 0) is 0 Å². The number of aromatic amines is 2. The summed E-state index contributed by atoms with van der Waals surface area (Å²) in [4.78, 5) is 16.5. The number of pyridine rings is 1. The quantitative estimate of drug-likeness (QED) is 0.551. The van der Waals surface area contributed by atoms with Crippen LogP contribution in [0.25, 0.3) is 10.9 Å². The standard InChI is InChI=1S/C7H6N2O/c10-7-5-1-3-8-6(5)2-4-9-7/h1-4,8H,(H,9,10). The second kappa shape index (κ2) is 1.73. The van der Waals surface area contributed by atoms with E-state index in [1.807, 2.05) is 6.07 Å². The van der Waals surface area contributed by atoms with Gasteiger partial charge in [0.15, 0.2) is 0 Å². The van der Waals surface area contributed by atoms with Crippen LogP contribution in [-0.4, -0.2) is 9.97 Å². The Morgan fingerprint density at radius 3 is 2.70 bits per heavy atom. The molecule has 2 aromatic heterocycles. The molecule has 0 saturated carbocycles. The molecule has 2 heterocycles. The molecule has 0 aromatic carbocycles. The van der Waals surface area contributed by atoms with E-state index in [1.54, 1.807) is 18.5 Å². The Balaban J connectivity index is 3.09. The Labute approximate surface area is 56.7 Å². The van der Waals surface area contributed by atoms with Crippen molar-refractivity contribution in [2.45, 2.75) is 0 Å². The summed E-state index contributed by atoms with van der Waals surface area (Å²) in [5, 5.41) is 0.711. The minimum Gasteiger partial charge on any atom is -0.361 e. The first-order valence-electron chi connectivity index (χ1n) is 3.03. The Morgan fingerprint density at radius 2 is 1.90 bits per heavy atom. The molecule has 0 aliphatic carbocycles. The van der Waals surface area contributed by atoms with Gasteiger partial charge in [-0.2, -0.15) is 0 Å². The maximum atomic E-state index is 11.0. The molecule has 2 rings (SSSR count). The van der Waals surface area contributed by atoms with Gasteiger partial charge in [-0.25, -0.2) is 0 Å². The molecule has 0 atom stereocenters. The van der Waals surface area contributed by atoms with Crippen LogP contribution >= 0.6 is 0 Å². The van der Waals surface area contributed by atoms with Gasteiger partial charge < -0.3 is 9.97 Å². The van der Waals surface area contributed by atoms with Gasteiger partial charge in [-0.05, 0) is 12.1 Å². The summed E-state index contributed by atoms with van der Waals surface area (Å²) < 4.78 is 0. The lowest BCUT2D eigenvalue weighted by atomic mass is 10.3. The second-order valence-electron chi connectivity index (χ2n) is 2.11. The molecule has 2 N–H and O–H groups in total. The normalized spacial score (nSPS) is 10.4. The average Bonchev–Trinajstić information content (AvgIpc) is 2.36. The van der Waals surface area contributed by atoms with Crippen LogP contribution < -0.4 is 5.56 Å². The predicted molar refractivity (Wildman–Crippen MR) is 38.9 cm³/mol. The molecule has 0 aliphatic rings. The van der Waals surface area contributed by atoms with Gasteiger partial charge in [0, 0.05) is 12.4 Å². The maximum Gasteiger partial charge on any atom is 0.257 e. The summed E-state index contributed by atoms with van der Waals surface area (Å²) in [6.07, 6.45) is 3.38. The summed E-state index contributed by atoms with van der Waals surface area (Å²) in [6, 6.07) is 3.59. The number of hydrogen-bond acceptors (Lipinski definition) is 1. The van der Waals surface area contributed by atoms with Gasteiger partial charge >= 0.3 is 0 Å². The first-order valence-corrected chi connectivity index (χ1v) is 3.03. The monoisotopic (exact) mass is 134 g/mol. The molecule has 0 spiro atoms. The third kappa shape index (κ3) is 0.572. The van der Waals surface area contributed by atoms with Crippen molar-refractivity contribution in [1.29, 1.82) is 0 Å². The van der Waals surface area contributed by atoms with Crippen molar-refractivity contribution in [3.63, 3.8) is 0 Å². The van der Waals surface area contributed by atoms with E-state index in [-0.39, 0.29) is 5.56 Å². The number of nitrogens with one attached hydrogen (secondary N) is 2. The fourth-order valence-electron chi connectivity index (χ4n) is 0.997. The van der Waals surface area contributed by atoms with Gasteiger partial charge in [0.1, 0.15) is 0 Å². The van der Waals surface area contributed by atoms with Crippen LogP contribution in [0.15, 0.2) is 29.3 Å². The Bertz CT molecular complexity index is 399. The summed E-state index contributed by atoms with van der Waals surface area (Å²) >= 11 is 0. The smallest absolute Gasteiger partial charge is 0.257 e. The van der Waals surface area contributed by atoms with E-state index in [0.717, 1.165) is 5.52 Å². The molecular weight excluding hydrogens is 128 g/mol. The molecule has 0 amide bonds. The predicted octanol–water partition coefficient (Wildman–Crippen LogP) is 0.856. The van der Waals surface area contributed by atoms with Gasteiger partial charge in [-0.3, -0.25) is 4.79 Å². The van der Waals surface area contributed by atoms with Crippen molar-refractivity contribution < 1.29 is 0 Å². The first-order chi connectivity index (χ1) is 4.88. The second-order valence-corrected chi connectivity index (χ2v) is 2.11. The molecule has 0 aliphatic heterocycles. The van der Waals surface area contributed by atoms with Gasteiger partial charge in [-0.1, -0.05) is 0 Å². The topological polar surface area (TPSA) is 48.6 Å². The Morgan fingerprint density at radius 1 is 1.10 bits per heavy atom. The third-order valence-electron chi connectivity index (χ3n) is 1.49. The molecule has 3 nitrogen and oxygen atoms in total. The van der Waals surface area contributed by atoms with E-state index in [4.69, 9.17) is 0 Å². The summed E-state index contributed by atoms with van der Waals surface area (Å²) in [5.74, 6) is 0. The number of hydrogen-bond donors (Lipinski definition) is 2. The SMILES string of the molecule is O=c1[nH]ccc2[nH]ccc12. The van der Waals surface area contributed by atoms with Crippen molar-refractivity contribution in [3.8, 4) is 0 Å². The van der Waals surface area contributed by atoms with Crippen LogP contribution in [0.2, 0.25) is 0 Å². The van der Waals surface area contributed by atoms with Crippen LogP contribution in [0.5, 0.6) is 0 Å². The molecule has 2 aromatic rings. The maximum absolute atomic E-state index is 11.0. The van der Waals surface area contributed by atoms with Crippen molar-refractivity contribution in [2.75, 3.05) is 0 Å². The zero-order chi connectivity index (χ0) is 6.97. The molecule has 0 fully saturated rings. The highest BCUT2D eigenvalue weighted by molar-refractivity contribution is 5.77. The van der Waals surface area contributed by atoms with E-state index in [1.165, 1.54) is 0 Å². The summed E-state index contributed by atoms with van der Waals surface area (Å²) in [5.41, 5.74) is 0.836. The van der Waals surface area contributed by atoms with Crippen LogP contribution in [0.3, 0.4) is 0 Å². The average molecular weight is 134 g/mol. The van der Waals surface area contributed by atoms with Crippen LogP contribution in [0.4, 0.5) is 0 Å². The van der Waals surface area contributed by atoms with Crippen molar-refractivity contribution in [3.05, 3.63) is 34.9 Å². The minimum atomic E-state index is -0.0428. The highest BCUT2D eigenvalue weighted by atomic mass is 16.1. The van der Waals surface area contributed by atoms with E-state index in [2.05, 4.69) is 9.97 Å². The molecule has 0 radical (unpaired) electrons. The van der Waals surface area contributed by atoms with Gasteiger partial charge in [0.05, 0.1) is 10.9 Å². The zero-order valence-electron chi connectivity index (χ0n) is 5.22. The van der Waals surface area contributed by atoms with E-state index in [0.29, 0.717) is 5.39 Å². The lowest BCUT2D eigenvalue weighted by molar-refractivity contribution is 1.27. The molecule has 0 saturated heterocycles. The minimum absolute atomic E-state index is 0.0428.